The highest BCUT2D eigenvalue weighted by atomic mass is 35.5. The van der Waals surface area contributed by atoms with Gasteiger partial charge in [0.1, 0.15) is 23.6 Å². The average Bonchev–Trinajstić information content (AvgIpc) is 2.71. The Labute approximate surface area is 167 Å². The SMILES string of the molecule is [CH2]C#Cc1ccc2ncnc(Nc3ccc(Oc4cccnc4)c(Cl)c3)c2c1. The van der Waals surface area contributed by atoms with Gasteiger partial charge in [-0.05, 0) is 48.5 Å². The second kappa shape index (κ2) is 7.95. The summed E-state index contributed by atoms with van der Waals surface area (Å²) < 4.78 is 5.76. The summed E-state index contributed by atoms with van der Waals surface area (Å²) >= 11 is 6.39. The summed E-state index contributed by atoms with van der Waals surface area (Å²) in [6.45, 7) is 3.56. The topological polar surface area (TPSA) is 59.9 Å². The summed E-state index contributed by atoms with van der Waals surface area (Å²) in [5, 5.41) is 4.61. The molecule has 0 atom stereocenters. The molecule has 4 rings (SSSR count). The van der Waals surface area contributed by atoms with E-state index in [1.807, 2.05) is 30.3 Å². The van der Waals surface area contributed by atoms with E-state index in [1.165, 1.54) is 6.33 Å². The number of hydrogen-bond donors (Lipinski definition) is 1. The van der Waals surface area contributed by atoms with Gasteiger partial charge in [0.2, 0.25) is 0 Å². The van der Waals surface area contributed by atoms with Crippen molar-refractivity contribution >= 4 is 34.0 Å². The number of nitrogens with one attached hydrogen (secondary N) is 1. The van der Waals surface area contributed by atoms with Crippen LogP contribution >= 0.6 is 11.6 Å². The fourth-order valence-electron chi connectivity index (χ4n) is 2.67. The number of anilines is 2. The summed E-state index contributed by atoms with van der Waals surface area (Å²) in [5.74, 6) is 7.42. The molecule has 6 heteroatoms. The van der Waals surface area contributed by atoms with Crippen LogP contribution in [0.3, 0.4) is 0 Å². The summed E-state index contributed by atoms with van der Waals surface area (Å²) in [5.41, 5.74) is 2.44. The monoisotopic (exact) mass is 385 g/mol. The fourth-order valence-corrected chi connectivity index (χ4v) is 2.89. The summed E-state index contributed by atoms with van der Waals surface area (Å²) in [6, 6.07) is 14.8. The number of hydrogen-bond acceptors (Lipinski definition) is 5. The largest absolute Gasteiger partial charge is 0.454 e. The van der Waals surface area contributed by atoms with Gasteiger partial charge in [-0.15, -0.1) is 0 Å². The van der Waals surface area contributed by atoms with Crippen molar-refractivity contribution in [2.24, 2.45) is 0 Å². The molecule has 0 bridgehead atoms. The molecule has 2 aromatic carbocycles. The number of ether oxygens (including phenoxy) is 1. The Morgan fingerprint density at radius 3 is 2.79 bits per heavy atom. The lowest BCUT2D eigenvalue weighted by Gasteiger charge is -2.11. The Hall–Kier alpha value is -3.62. The van der Waals surface area contributed by atoms with Crippen LogP contribution in [0.25, 0.3) is 10.9 Å². The van der Waals surface area contributed by atoms with Gasteiger partial charge in [-0.3, -0.25) is 4.98 Å². The van der Waals surface area contributed by atoms with E-state index >= 15 is 0 Å². The first kappa shape index (κ1) is 17.8. The Balaban J connectivity index is 1.63. The van der Waals surface area contributed by atoms with Gasteiger partial charge in [-0.2, -0.15) is 0 Å². The zero-order chi connectivity index (χ0) is 19.3. The molecule has 0 aliphatic heterocycles. The molecule has 0 amide bonds. The highest BCUT2D eigenvalue weighted by Crippen LogP contribution is 2.33. The molecule has 0 unspecified atom stereocenters. The molecule has 0 fully saturated rings. The van der Waals surface area contributed by atoms with E-state index in [9.17, 15) is 0 Å². The predicted molar refractivity (Wildman–Crippen MR) is 111 cm³/mol. The molecule has 0 saturated heterocycles. The van der Waals surface area contributed by atoms with Crippen molar-refractivity contribution in [3.05, 3.63) is 84.8 Å². The molecule has 1 radical (unpaired) electrons. The third-order valence-electron chi connectivity index (χ3n) is 3.92. The minimum atomic E-state index is 0.468. The number of fused-ring (bicyclic) bond motifs is 1. The standard InChI is InChI=1S/C22H14ClN4O/c1-2-4-15-6-8-20-18(11-15)22(26-14-25-20)27-16-7-9-21(19(23)12-16)28-17-5-3-10-24-13-17/h3,5-14H,1H2,(H,25,26,27). The van der Waals surface area contributed by atoms with Gasteiger partial charge in [0.05, 0.1) is 16.7 Å². The van der Waals surface area contributed by atoms with Crippen LogP contribution in [0.15, 0.2) is 67.3 Å². The van der Waals surface area contributed by atoms with Crippen molar-refractivity contribution in [3.8, 4) is 23.3 Å². The molecule has 0 aliphatic rings. The van der Waals surface area contributed by atoms with E-state index in [1.54, 1.807) is 30.6 Å². The summed E-state index contributed by atoms with van der Waals surface area (Å²) in [4.78, 5) is 12.7. The Bertz CT molecular complexity index is 1200. The maximum atomic E-state index is 6.39. The third-order valence-corrected chi connectivity index (χ3v) is 4.22. The number of nitrogens with zero attached hydrogens (tertiary/aromatic N) is 3. The van der Waals surface area contributed by atoms with E-state index in [0.717, 1.165) is 22.2 Å². The van der Waals surface area contributed by atoms with Gasteiger partial charge in [0.25, 0.3) is 0 Å². The van der Waals surface area contributed by atoms with Crippen molar-refractivity contribution in [1.82, 2.24) is 15.0 Å². The number of pyridine rings is 1. The maximum absolute atomic E-state index is 6.39. The van der Waals surface area contributed by atoms with Crippen LogP contribution in [0.1, 0.15) is 5.56 Å². The van der Waals surface area contributed by atoms with Gasteiger partial charge in [0.15, 0.2) is 0 Å². The molecule has 28 heavy (non-hydrogen) atoms. The summed E-state index contributed by atoms with van der Waals surface area (Å²) in [6.07, 6.45) is 4.82. The highest BCUT2D eigenvalue weighted by Gasteiger charge is 2.08. The number of halogens is 1. The fraction of sp³-hybridized carbons (Fsp3) is 0. The first-order valence-electron chi connectivity index (χ1n) is 8.40. The van der Waals surface area contributed by atoms with Crippen LogP contribution in [0.4, 0.5) is 11.5 Å². The quantitative estimate of drug-likeness (QED) is 0.476. The number of aromatic nitrogens is 3. The Morgan fingerprint density at radius 2 is 2.00 bits per heavy atom. The average molecular weight is 386 g/mol. The first-order valence-corrected chi connectivity index (χ1v) is 8.78. The van der Waals surface area contributed by atoms with E-state index in [2.05, 4.69) is 39.0 Å². The van der Waals surface area contributed by atoms with Crippen LogP contribution in [-0.4, -0.2) is 15.0 Å². The zero-order valence-corrected chi connectivity index (χ0v) is 15.4. The van der Waals surface area contributed by atoms with Crippen LogP contribution in [0.5, 0.6) is 11.5 Å². The molecule has 2 aromatic heterocycles. The van der Waals surface area contributed by atoms with Gasteiger partial charge < -0.3 is 10.1 Å². The van der Waals surface area contributed by atoms with E-state index < -0.39 is 0 Å². The summed E-state index contributed by atoms with van der Waals surface area (Å²) in [7, 11) is 0. The Morgan fingerprint density at radius 1 is 1.07 bits per heavy atom. The molecular weight excluding hydrogens is 372 g/mol. The molecule has 135 valence electrons. The number of benzene rings is 2. The smallest absolute Gasteiger partial charge is 0.146 e. The third kappa shape index (κ3) is 3.88. The van der Waals surface area contributed by atoms with Crippen molar-refractivity contribution in [1.29, 1.82) is 0 Å². The van der Waals surface area contributed by atoms with Gasteiger partial charge in [-0.25, -0.2) is 9.97 Å². The second-order valence-corrected chi connectivity index (χ2v) is 6.22. The maximum Gasteiger partial charge on any atom is 0.146 e. The lowest BCUT2D eigenvalue weighted by molar-refractivity contribution is 0.480. The van der Waals surface area contributed by atoms with Gasteiger partial charge in [0, 0.05) is 29.8 Å². The molecule has 0 saturated carbocycles. The van der Waals surface area contributed by atoms with Crippen molar-refractivity contribution in [2.75, 3.05) is 5.32 Å². The van der Waals surface area contributed by atoms with Gasteiger partial charge >= 0.3 is 0 Å². The van der Waals surface area contributed by atoms with E-state index in [0.29, 0.717) is 22.3 Å². The first-order chi connectivity index (χ1) is 13.7. The molecule has 1 N–H and O–H groups in total. The minimum Gasteiger partial charge on any atom is -0.454 e. The highest BCUT2D eigenvalue weighted by molar-refractivity contribution is 6.32. The van der Waals surface area contributed by atoms with Gasteiger partial charge in [-0.1, -0.05) is 23.4 Å². The molecule has 0 spiro atoms. The number of rotatable bonds is 4. The van der Waals surface area contributed by atoms with E-state index in [4.69, 9.17) is 16.3 Å². The van der Waals surface area contributed by atoms with Crippen LogP contribution in [-0.2, 0) is 0 Å². The second-order valence-electron chi connectivity index (χ2n) is 5.82. The Kier molecular flexibility index (Phi) is 5.05. The molecule has 5 nitrogen and oxygen atoms in total. The van der Waals surface area contributed by atoms with Crippen molar-refractivity contribution < 1.29 is 4.74 Å². The molecule has 2 heterocycles. The lowest BCUT2D eigenvalue weighted by atomic mass is 10.1. The van der Waals surface area contributed by atoms with Crippen LogP contribution < -0.4 is 10.1 Å². The van der Waals surface area contributed by atoms with E-state index in [-0.39, 0.29) is 0 Å². The normalized spacial score (nSPS) is 10.2. The van der Waals surface area contributed by atoms with Crippen LogP contribution in [0, 0.1) is 18.8 Å². The lowest BCUT2D eigenvalue weighted by Crippen LogP contribution is -1.97. The van der Waals surface area contributed by atoms with Crippen LogP contribution in [0.2, 0.25) is 5.02 Å². The minimum absolute atomic E-state index is 0.468. The van der Waals surface area contributed by atoms with Crippen molar-refractivity contribution in [2.45, 2.75) is 0 Å². The zero-order valence-electron chi connectivity index (χ0n) is 14.7. The molecule has 0 aliphatic carbocycles. The molecule has 4 aromatic rings. The predicted octanol–water partition coefficient (Wildman–Crippen LogP) is 5.40. The molecular formula is C22H14ClN4O. The van der Waals surface area contributed by atoms with Crippen molar-refractivity contribution in [3.63, 3.8) is 0 Å².